The number of pyridine rings is 1. The molecule has 0 aliphatic heterocycles. The molecule has 0 aliphatic carbocycles. The van der Waals surface area contributed by atoms with E-state index in [0.717, 1.165) is 22.5 Å². The normalized spacial score (nSPS) is 12.1. The van der Waals surface area contributed by atoms with Crippen LogP contribution in [0.15, 0.2) is 73.1 Å². The molecular weight excluding hydrogens is 450 g/mol. The van der Waals surface area contributed by atoms with Crippen LogP contribution in [0.1, 0.15) is 36.2 Å². The first kappa shape index (κ1) is 23.8. The monoisotopic (exact) mass is 477 g/mol. The van der Waals surface area contributed by atoms with Gasteiger partial charge in [-0.2, -0.15) is 0 Å². The van der Waals surface area contributed by atoms with Crippen LogP contribution in [0, 0.1) is 0 Å². The van der Waals surface area contributed by atoms with Gasteiger partial charge in [0.2, 0.25) is 0 Å². The van der Waals surface area contributed by atoms with Crippen LogP contribution in [0.5, 0.6) is 5.75 Å². The quantitative estimate of drug-likeness (QED) is 0.349. The number of nitrogens with zero attached hydrogens (tertiary/aromatic N) is 2. The predicted octanol–water partition coefficient (Wildman–Crippen LogP) is 5.17. The minimum Gasteiger partial charge on any atom is -0.489 e. The van der Waals surface area contributed by atoms with Crippen LogP contribution in [0.25, 0.3) is 16.9 Å². The fraction of sp³-hybridized carbons (Fsp3) is 0.259. The molecule has 176 valence electrons. The van der Waals surface area contributed by atoms with E-state index in [4.69, 9.17) is 16.3 Å². The highest BCUT2D eigenvalue weighted by Crippen LogP contribution is 2.26. The van der Waals surface area contributed by atoms with Gasteiger partial charge in [-0.3, -0.25) is 4.79 Å². The van der Waals surface area contributed by atoms with Gasteiger partial charge in [0.1, 0.15) is 11.4 Å². The second-order valence-corrected chi connectivity index (χ2v) is 8.89. The number of aromatic nitrogens is 2. The highest BCUT2D eigenvalue weighted by molar-refractivity contribution is 6.32. The zero-order chi connectivity index (χ0) is 24.1. The summed E-state index contributed by atoms with van der Waals surface area (Å²) in [5.74, 6) is 0.309. The number of fused-ring (bicyclic) bond motifs is 1. The number of aliphatic hydroxyl groups is 1. The van der Waals surface area contributed by atoms with Crippen molar-refractivity contribution in [1.29, 1.82) is 0 Å². The molecule has 2 heterocycles. The fourth-order valence-corrected chi connectivity index (χ4v) is 4.04. The number of aliphatic hydroxyl groups excluding tert-OH is 1. The van der Waals surface area contributed by atoms with Gasteiger partial charge in [0.15, 0.2) is 0 Å². The lowest BCUT2D eigenvalue weighted by molar-refractivity contribution is 0.0930. The second-order valence-electron chi connectivity index (χ2n) is 8.49. The Balaban J connectivity index is 1.43. The molecule has 0 saturated heterocycles. The summed E-state index contributed by atoms with van der Waals surface area (Å²) >= 11 is 6.28. The van der Waals surface area contributed by atoms with Gasteiger partial charge in [-0.1, -0.05) is 41.9 Å². The Labute approximate surface area is 204 Å². The predicted molar refractivity (Wildman–Crippen MR) is 135 cm³/mol. The van der Waals surface area contributed by atoms with Crippen LogP contribution in [-0.2, 0) is 6.42 Å². The van der Waals surface area contributed by atoms with Gasteiger partial charge in [0, 0.05) is 36.2 Å². The molecule has 7 heteroatoms. The molecule has 0 fully saturated rings. The summed E-state index contributed by atoms with van der Waals surface area (Å²) in [5.41, 5.74) is 4.33. The van der Waals surface area contributed by atoms with E-state index in [9.17, 15) is 9.90 Å². The van der Waals surface area contributed by atoms with E-state index in [1.54, 1.807) is 18.2 Å². The molecule has 34 heavy (non-hydrogen) atoms. The zero-order valence-electron chi connectivity index (χ0n) is 19.2. The minimum absolute atomic E-state index is 0.00907. The first-order valence-corrected chi connectivity index (χ1v) is 11.7. The molecule has 0 bridgehead atoms. The lowest BCUT2D eigenvalue weighted by atomic mass is 10.0. The molecule has 0 radical (unpaired) electrons. The van der Waals surface area contributed by atoms with Crippen LogP contribution in [0.4, 0.5) is 0 Å². The van der Waals surface area contributed by atoms with E-state index in [2.05, 4.69) is 10.3 Å². The van der Waals surface area contributed by atoms with E-state index < -0.39 is 0 Å². The highest BCUT2D eigenvalue weighted by Gasteiger charge is 2.16. The molecule has 0 spiro atoms. The number of hydrogen-bond donors (Lipinski definition) is 2. The van der Waals surface area contributed by atoms with Crippen molar-refractivity contribution in [3.63, 3.8) is 0 Å². The molecule has 4 aromatic rings. The van der Waals surface area contributed by atoms with Crippen LogP contribution < -0.4 is 10.1 Å². The van der Waals surface area contributed by atoms with Crippen LogP contribution >= 0.6 is 11.6 Å². The van der Waals surface area contributed by atoms with Crippen molar-refractivity contribution in [3.05, 3.63) is 89.2 Å². The first-order valence-electron chi connectivity index (χ1n) is 11.3. The molecule has 2 aromatic heterocycles. The summed E-state index contributed by atoms with van der Waals surface area (Å²) in [7, 11) is 0. The Bertz CT molecular complexity index is 1230. The van der Waals surface area contributed by atoms with E-state index in [1.165, 1.54) is 0 Å². The standard InChI is InChI=1S/C27H28ClN3O3/c1-18(2)34-25-11-10-21(16-23(25)28)27(33)29-22(12-14-32)15-19-6-8-20(9-7-19)24-17-31-13-4-3-5-26(31)30-24/h3-11,13,16-18,22,32H,12,14-15H2,1-2H3,(H,29,33)/t22-/m1/s1. The van der Waals surface area contributed by atoms with Gasteiger partial charge < -0.3 is 19.6 Å². The maximum Gasteiger partial charge on any atom is 0.251 e. The molecule has 2 N–H and O–H groups in total. The number of amides is 1. The third-order valence-corrected chi connectivity index (χ3v) is 5.76. The molecule has 1 amide bonds. The summed E-state index contributed by atoms with van der Waals surface area (Å²) in [4.78, 5) is 17.5. The minimum atomic E-state index is -0.238. The fourth-order valence-electron chi connectivity index (χ4n) is 3.81. The van der Waals surface area contributed by atoms with Crippen LogP contribution in [-0.4, -0.2) is 39.2 Å². The van der Waals surface area contributed by atoms with Crippen LogP contribution in [0.3, 0.4) is 0 Å². The van der Waals surface area contributed by atoms with Crippen molar-refractivity contribution >= 4 is 23.2 Å². The van der Waals surface area contributed by atoms with E-state index in [1.807, 2.05) is 73.1 Å². The number of benzene rings is 2. The van der Waals surface area contributed by atoms with Gasteiger partial charge in [-0.05, 0) is 62.6 Å². The second kappa shape index (κ2) is 10.7. The Kier molecular flexibility index (Phi) is 7.50. The third-order valence-electron chi connectivity index (χ3n) is 5.47. The number of halogens is 1. The average Bonchev–Trinajstić information content (AvgIpc) is 3.25. The van der Waals surface area contributed by atoms with Crippen molar-refractivity contribution in [2.75, 3.05) is 6.61 Å². The van der Waals surface area contributed by atoms with Gasteiger partial charge in [0.05, 0.1) is 16.8 Å². The lowest BCUT2D eigenvalue weighted by Crippen LogP contribution is -2.37. The lowest BCUT2D eigenvalue weighted by Gasteiger charge is -2.19. The van der Waals surface area contributed by atoms with Gasteiger partial charge in [-0.25, -0.2) is 4.98 Å². The van der Waals surface area contributed by atoms with E-state index in [0.29, 0.717) is 29.2 Å². The maximum atomic E-state index is 12.8. The van der Waals surface area contributed by atoms with Crippen molar-refractivity contribution in [2.24, 2.45) is 0 Å². The SMILES string of the molecule is CC(C)Oc1ccc(C(=O)N[C@H](CCO)Cc2ccc(-c3cn4ccccc4n3)cc2)cc1Cl. The summed E-state index contributed by atoms with van der Waals surface area (Å²) in [6, 6.07) is 18.8. The number of carbonyl (C=O) groups excluding carboxylic acids is 1. The number of rotatable bonds is 9. The molecule has 1 atom stereocenters. The largest absolute Gasteiger partial charge is 0.489 e. The summed E-state index contributed by atoms with van der Waals surface area (Å²) in [6.45, 7) is 3.81. The van der Waals surface area contributed by atoms with Crippen molar-refractivity contribution < 1.29 is 14.6 Å². The summed E-state index contributed by atoms with van der Waals surface area (Å²) < 4.78 is 7.62. The molecule has 4 rings (SSSR count). The smallest absolute Gasteiger partial charge is 0.251 e. The molecular formula is C27H28ClN3O3. The number of nitrogens with one attached hydrogen (secondary N) is 1. The molecule has 0 unspecified atom stereocenters. The topological polar surface area (TPSA) is 75.9 Å². The molecule has 0 saturated carbocycles. The Morgan fingerprint density at radius 1 is 1.15 bits per heavy atom. The zero-order valence-corrected chi connectivity index (χ0v) is 20.0. The van der Waals surface area contributed by atoms with Crippen molar-refractivity contribution in [3.8, 4) is 17.0 Å². The molecule has 0 aliphatic rings. The number of hydrogen-bond acceptors (Lipinski definition) is 4. The number of ether oxygens (including phenoxy) is 1. The molecule has 6 nitrogen and oxygen atoms in total. The van der Waals surface area contributed by atoms with E-state index in [-0.39, 0.29) is 24.7 Å². The van der Waals surface area contributed by atoms with Gasteiger partial charge in [0.25, 0.3) is 5.91 Å². The number of carbonyl (C=O) groups is 1. The average molecular weight is 478 g/mol. The third kappa shape index (κ3) is 5.76. The van der Waals surface area contributed by atoms with Crippen LogP contribution in [0.2, 0.25) is 5.02 Å². The Hall–Kier alpha value is -3.35. The Morgan fingerprint density at radius 2 is 1.94 bits per heavy atom. The number of imidazole rings is 1. The van der Waals surface area contributed by atoms with Gasteiger partial charge >= 0.3 is 0 Å². The van der Waals surface area contributed by atoms with E-state index >= 15 is 0 Å². The summed E-state index contributed by atoms with van der Waals surface area (Å²) in [6.07, 6.45) is 5.01. The van der Waals surface area contributed by atoms with Gasteiger partial charge in [-0.15, -0.1) is 0 Å². The maximum absolute atomic E-state index is 12.8. The summed E-state index contributed by atoms with van der Waals surface area (Å²) in [5, 5.41) is 12.9. The van der Waals surface area contributed by atoms with Crippen molar-refractivity contribution in [1.82, 2.24) is 14.7 Å². The first-order chi connectivity index (χ1) is 16.4. The highest BCUT2D eigenvalue weighted by atomic mass is 35.5. The van der Waals surface area contributed by atoms with Crippen molar-refractivity contribution in [2.45, 2.75) is 38.8 Å². The Morgan fingerprint density at radius 3 is 2.62 bits per heavy atom. The molecule has 2 aromatic carbocycles.